The average molecular weight is 558 g/mol. The van der Waals surface area contributed by atoms with Gasteiger partial charge in [0.05, 0.1) is 23.9 Å². The van der Waals surface area contributed by atoms with Gasteiger partial charge in [0.15, 0.2) is 5.13 Å². The zero-order chi connectivity index (χ0) is 26.9. The molecule has 0 spiro atoms. The number of carbonyl (C=O) groups is 1. The van der Waals surface area contributed by atoms with Crippen LogP contribution in [0, 0.1) is 17.6 Å². The normalized spacial score (nSPS) is 15.0. The van der Waals surface area contributed by atoms with Crippen molar-refractivity contribution in [1.29, 1.82) is 0 Å². The summed E-state index contributed by atoms with van der Waals surface area (Å²) >= 11 is 1.40. The van der Waals surface area contributed by atoms with E-state index in [1.54, 1.807) is 12.0 Å². The van der Waals surface area contributed by atoms with Gasteiger partial charge in [-0.3, -0.25) is 9.69 Å². The van der Waals surface area contributed by atoms with Crippen molar-refractivity contribution in [1.82, 2.24) is 9.29 Å². The van der Waals surface area contributed by atoms with Gasteiger partial charge in [0.1, 0.15) is 22.3 Å². The lowest BCUT2D eigenvalue weighted by molar-refractivity contribution is -0.123. The molecule has 7 nitrogen and oxygen atoms in total. The minimum Gasteiger partial charge on any atom is -0.497 e. The molecule has 1 saturated heterocycles. The van der Waals surface area contributed by atoms with Gasteiger partial charge in [0, 0.05) is 25.1 Å². The third-order valence-electron chi connectivity index (χ3n) is 6.58. The van der Waals surface area contributed by atoms with Crippen molar-refractivity contribution in [2.75, 3.05) is 25.1 Å². The summed E-state index contributed by atoms with van der Waals surface area (Å²) in [5.41, 5.74) is 1.65. The number of carbonyl (C=O) groups excluding carboxylic acids is 1. The van der Waals surface area contributed by atoms with Gasteiger partial charge in [-0.15, -0.1) is 0 Å². The van der Waals surface area contributed by atoms with E-state index in [9.17, 15) is 22.0 Å². The molecule has 0 aliphatic carbocycles. The van der Waals surface area contributed by atoms with Crippen LogP contribution in [-0.2, 0) is 21.4 Å². The maximum absolute atomic E-state index is 14.2. The quantitative estimate of drug-likeness (QED) is 0.312. The lowest BCUT2D eigenvalue weighted by Crippen LogP contribution is -2.44. The Bertz CT molecular complexity index is 1570. The van der Waals surface area contributed by atoms with Crippen LogP contribution in [0.3, 0.4) is 0 Å². The van der Waals surface area contributed by atoms with E-state index in [2.05, 4.69) is 0 Å². The van der Waals surface area contributed by atoms with E-state index in [1.165, 1.54) is 11.3 Å². The molecule has 3 aromatic carbocycles. The number of anilines is 1. The molecule has 0 N–H and O–H groups in total. The third-order valence-corrected chi connectivity index (χ3v) is 9.55. The van der Waals surface area contributed by atoms with Gasteiger partial charge < -0.3 is 4.74 Å². The van der Waals surface area contributed by atoms with Gasteiger partial charge in [0.2, 0.25) is 15.9 Å². The summed E-state index contributed by atoms with van der Waals surface area (Å²) in [5.74, 6) is -1.79. The summed E-state index contributed by atoms with van der Waals surface area (Å²) in [4.78, 5) is 19.5. The molecular formula is C27H25F2N3O4S2. The first-order chi connectivity index (χ1) is 18.3. The van der Waals surface area contributed by atoms with Gasteiger partial charge in [-0.1, -0.05) is 41.7 Å². The van der Waals surface area contributed by atoms with Crippen molar-refractivity contribution in [2.24, 2.45) is 5.92 Å². The lowest BCUT2D eigenvalue weighted by Gasteiger charge is -2.33. The van der Waals surface area contributed by atoms with Crippen LogP contribution in [0.5, 0.6) is 5.75 Å². The Morgan fingerprint density at radius 2 is 1.82 bits per heavy atom. The molecule has 5 rings (SSSR count). The molecule has 1 aromatic heterocycles. The van der Waals surface area contributed by atoms with Gasteiger partial charge >= 0.3 is 0 Å². The van der Waals surface area contributed by atoms with Crippen LogP contribution < -0.4 is 9.64 Å². The largest absolute Gasteiger partial charge is 0.497 e. The van der Waals surface area contributed by atoms with Crippen molar-refractivity contribution in [2.45, 2.75) is 24.3 Å². The number of piperidine rings is 1. The second-order valence-electron chi connectivity index (χ2n) is 8.99. The van der Waals surface area contributed by atoms with E-state index in [1.807, 2.05) is 48.5 Å². The number of amides is 1. The number of ether oxygens (including phenoxy) is 1. The van der Waals surface area contributed by atoms with Crippen LogP contribution in [0.4, 0.5) is 13.9 Å². The molecule has 0 saturated carbocycles. The van der Waals surface area contributed by atoms with Gasteiger partial charge in [-0.05, 0) is 48.7 Å². The van der Waals surface area contributed by atoms with Crippen LogP contribution in [0.25, 0.3) is 10.2 Å². The molecule has 1 fully saturated rings. The number of methoxy groups -OCH3 is 1. The second kappa shape index (κ2) is 10.8. The van der Waals surface area contributed by atoms with E-state index in [0.29, 0.717) is 29.0 Å². The summed E-state index contributed by atoms with van der Waals surface area (Å²) in [7, 11) is -2.66. The zero-order valence-electron chi connectivity index (χ0n) is 20.5. The van der Waals surface area contributed by atoms with Crippen molar-refractivity contribution in [3.8, 4) is 5.75 Å². The number of halogens is 2. The maximum atomic E-state index is 14.2. The number of thiazole rings is 1. The first-order valence-electron chi connectivity index (χ1n) is 12.0. The fourth-order valence-electron chi connectivity index (χ4n) is 4.52. The number of aromatic nitrogens is 1. The standard InChI is InChI=1S/C27H25F2N3O4S2/c1-36-21-8-10-24-23(16-21)30-27(37-24)32(17-18-5-3-2-4-6-18)26(33)19-11-13-31(14-12-19)38(34,35)25-15-20(28)7-9-22(25)29/h2-10,15-16,19H,11-14,17H2,1H3. The smallest absolute Gasteiger partial charge is 0.246 e. The van der Waals surface area contributed by atoms with Gasteiger partial charge in [-0.25, -0.2) is 22.2 Å². The fourth-order valence-corrected chi connectivity index (χ4v) is 7.02. The number of hydrogen-bond donors (Lipinski definition) is 0. The molecule has 0 unspecified atom stereocenters. The highest BCUT2D eigenvalue weighted by molar-refractivity contribution is 7.89. The molecule has 0 atom stereocenters. The first-order valence-corrected chi connectivity index (χ1v) is 14.3. The first kappa shape index (κ1) is 26.2. The minimum absolute atomic E-state index is 0.0188. The van der Waals surface area contributed by atoms with Crippen LogP contribution in [0.1, 0.15) is 18.4 Å². The molecule has 1 aliphatic rings. The van der Waals surface area contributed by atoms with Gasteiger partial charge in [0.25, 0.3) is 0 Å². The molecule has 38 heavy (non-hydrogen) atoms. The number of rotatable bonds is 7. The highest BCUT2D eigenvalue weighted by Gasteiger charge is 2.36. The minimum atomic E-state index is -4.24. The maximum Gasteiger partial charge on any atom is 0.246 e. The van der Waals surface area contributed by atoms with Crippen molar-refractivity contribution in [3.63, 3.8) is 0 Å². The van der Waals surface area contributed by atoms with E-state index in [0.717, 1.165) is 26.7 Å². The van der Waals surface area contributed by atoms with E-state index in [-0.39, 0.29) is 31.8 Å². The second-order valence-corrected chi connectivity index (χ2v) is 11.9. The average Bonchev–Trinajstić information content (AvgIpc) is 3.36. The van der Waals surface area contributed by atoms with Crippen LogP contribution in [0.2, 0.25) is 0 Å². The molecular weight excluding hydrogens is 532 g/mol. The summed E-state index contributed by atoms with van der Waals surface area (Å²) in [5, 5.41) is 0.541. The number of benzene rings is 3. The predicted molar refractivity (Wildman–Crippen MR) is 142 cm³/mol. The van der Waals surface area contributed by atoms with Crippen molar-refractivity contribution < 1.29 is 26.7 Å². The van der Waals surface area contributed by atoms with Gasteiger partial charge in [-0.2, -0.15) is 4.31 Å². The molecule has 4 aromatic rings. The number of sulfonamides is 1. The molecule has 2 heterocycles. The number of nitrogens with zero attached hydrogens (tertiary/aromatic N) is 3. The Balaban J connectivity index is 1.38. The molecule has 198 valence electrons. The van der Waals surface area contributed by atoms with E-state index < -0.39 is 32.5 Å². The van der Waals surface area contributed by atoms with Crippen molar-refractivity contribution in [3.05, 3.63) is 83.9 Å². The topological polar surface area (TPSA) is 79.8 Å². The summed E-state index contributed by atoms with van der Waals surface area (Å²) in [6.45, 7) is 0.347. The molecule has 0 bridgehead atoms. The Morgan fingerprint density at radius 3 is 2.53 bits per heavy atom. The molecule has 0 radical (unpaired) electrons. The monoisotopic (exact) mass is 557 g/mol. The lowest BCUT2D eigenvalue weighted by atomic mass is 9.96. The highest BCUT2D eigenvalue weighted by Crippen LogP contribution is 2.34. The van der Waals surface area contributed by atoms with E-state index >= 15 is 0 Å². The van der Waals surface area contributed by atoms with Crippen LogP contribution >= 0.6 is 11.3 Å². The fraction of sp³-hybridized carbons (Fsp3) is 0.259. The molecule has 1 aliphatic heterocycles. The van der Waals surface area contributed by atoms with Crippen LogP contribution in [0.15, 0.2) is 71.6 Å². The Labute approximate surface area is 223 Å². The number of hydrogen-bond acceptors (Lipinski definition) is 6. The Morgan fingerprint density at radius 1 is 1.08 bits per heavy atom. The van der Waals surface area contributed by atoms with E-state index in [4.69, 9.17) is 9.72 Å². The Hall–Kier alpha value is -3.41. The Kier molecular flexibility index (Phi) is 7.42. The predicted octanol–water partition coefficient (Wildman–Crippen LogP) is 5.22. The summed E-state index contributed by atoms with van der Waals surface area (Å²) in [6.07, 6.45) is 0.498. The highest BCUT2D eigenvalue weighted by atomic mass is 32.2. The van der Waals surface area contributed by atoms with Crippen LogP contribution in [-0.4, -0.2) is 43.8 Å². The SMILES string of the molecule is COc1ccc2sc(N(Cc3ccccc3)C(=O)C3CCN(S(=O)(=O)c4cc(F)ccc4F)CC3)nc2c1. The number of fused-ring (bicyclic) bond motifs is 1. The third kappa shape index (κ3) is 5.27. The molecule has 11 heteroatoms. The summed E-state index contributed by atoms with van der Waals surface area (Å²) < 4.78 is 61.2. The molecule has 1 amide bonds. The summed E-state index contributed by atoms with van der Waals surface area (Å²) in [6, 6.07) is 17.5. The van der Waals surface area contributed by atoms with Crippen molar-refractivity contribution >= 4 is 42.6 Å². The zero-order valence-corrected chi connectivity index (χ0v) is 22.1.